The molecule has 0 aromatic carbocycles. The predicted molar refractivity (Wildman–Crippen MR) is 350 cm³/mol. The molecule has 5 heterocycles. The topological polar surface area (TPSA) is 262 Å². The largest absolute Gasteiger partial charge is 0.459 e. The molecule has 5 aliphatic rings. The van der Waals surface area contributed by atoms with Crippen molar-refractivity contribution in [3.05, 3.63) is 24.3 Å². The fraction of sp³-hybridized carbons (Fsp3) is 0.901. The van der Waals surface area contributed by atoms with Crippen LogP contribution in [0.1, 0.15) is 190 Å². The van der Waals surface area contributed by atoms with Gasteiger partial charge in [0, 0.05) is 67.0 Å². The highest BCUT2D eigenvalue weighted by Crippen LogP contribution is 2.45. The van der Waals surface area contributed by atoms with Crippen LogP contribution < -0.4 is 0 Å². The third-order valence-electron chi connectivity index (χ3n) is 22.6. The Balaban J connectivity index is 0.000000400. The molecular weight excluding hydrogens is 1170 g/mol. The van der Waals surface area contributed by atoms with Crippen molar-refractivity contribution < 1.29 is 87.7 Å². The molecule has 5 saturated heterocycles. The number of carbonyl (C=O) groups is 3. The van der Waals surface area contributed by atoms with Gasteiger partial charge in [-0.25, -0.2) is 0 Å². The third kappa shape index (κ3) is 18.6. The van der Waals surface area contributed by atoms with Gasteiger partial charge in [-0.05, 0) is 148 Å². The lowest BCUT2D eigenvalue weighted by molar-refractivity contribution is -0.306. The van der Waals surface area contributed by atoms with Gasteiger partial charge >= 0.3 is 11.9 Å². The van der Waals surface area contributed by atoms with E-state index in [1.807, 2.05) is 76.4 Å². The molecule has 5 fully saturated rings. The number of Topliss-reactive ketones (excluding diaryl/α,β-unsaturated/α-hetero) is 1. The highest BCUT2D eigenvalue weighted by molar-refractivity contribution is 6.00. The van der Waals surface area contributed by atoms with Gasteiger partial charge < -0.3 is 83.1 Å². The predicted octanol–water partition coefficient (Wildman–Crippen LogP) is 8.65. The van der Waals surface area contributed by atoms with Crippen molar-refractivity contribution in [2.45, 2.75) is 310 Å². The summed E-state index contributed by atoms with van der Waals surface area (Å²) < 4.78 is 57.2. The second-order valence-electron chi connectivity index (χ2n) is 30.6. The van der Waals surface area contributed by atoms with E-state index < -0.39 is 143 Å². The fourth-order valence-electron chi connectivity index (χ4n) is 15.7. The fourth-order valence-corrected chi connectivity index (χ4v) is 15.7. The van der Waals surface area contributed by atoms with Crippen molar-refractivity contribution in [1.29, 1.82) is 0 Å². The van der Waals surface area contributed by atoms with E-state index in [1.54, 1.807) is 55.6 Å². The minimum absolute atomic E-state index is 0.0319. The second kappa shape index (κ2) is 32.2. The molecule has 0 aromatic rings. The van der Waals surface area contributed by atoms with E-state index in [0.29, 0.717) is 17.6 Å². The molecule has 0 bridgehead atoms. The summed E-state index contributed by atoms with van der Waals surface area (Å²) in [5.74, 6) is -7.10. The van der Waals surface area contributed by atoms with Crippen LogP contribution in [-0.4, -0.2) is 213 Å². The Morgan fingerprint density at radius 2 is 0.934 bits per heavy atom. The summed E-state index contributed by atoms with van der Waals surface area (Å²) in [7, 11) is 9.81. The molecule has 20 nitrogen and oxygen atoms in total. The smallest absolute Gasteiger partial charge is 0.316 e. The van der Waals surface area contributed by atoms with Gasteiger partial charge in [0.25, 0.3) is 0 Å². The zero-order valence-electron chi connectivity index (χ0n) is 60.9. The zero-order valence-corrected chi connectivity index (χ0v) is 60.9. The van der Waals surface area contributed by atoms with Gasteiger partial charge in [0.05, 0.1) is 71.6 Å². The SMILES string of the molecule is C=C1[C@H](C)C[C@](C)(O)[C@H](O[C@@H]2O[C@H](C)C[C@H](N(C)C)[C@H]2C)[C@@H](C)C(=O)[C@@H](C)C(=O)O[C@H](CC)[C@@](C)(O)[C@H](O)[C@H]1C.C=C1[C@H](C)C[C@](C)(O)[C@H](O[C@@H]2O[C@H](C)C[C@H](N(C)C)[C@H]2C)[C@@H](C)[C@H](O[C@H]2C[C@@](C)(OC)[C@@H](C)[C@H](C)O2)[C@@H](C)C(=O)O[C@H](CC)[C@@](C)(O)[C@H](O)[C@H]1C. The molecule has 91 heavy (non-hydrogen) atoms. The first-order valence-electron chi connectivity index (χ1n) is 34.1. The Hall–Kier alpha value is -2.51. The number of aliphatic hydroxyl groups is 6. The average Bonchev–Trinajstić information content (AvgIpc) is 0.799. The first kappa shape index (κ1) is 80.9. The maximum absolute atomic E-state index is 14.2. The van der Waals surface area contributed by atoms with E-state index in [4.69, 9.17) is 42.6 Å². The summed E-state index contributed by atoms with van der Waals surface area (Å²) in [4.78, 5) is 45.4. The van der Waals surface area contributed by atoms with E-state index >= 15 is 0 Å². The van der Waals surface area contributed by atoms with E-state index in [-0.39, 0.29) is 85.7 Å². The number of nitrogens with zero attached hydrogens (tertiary/aromatic N) is 2. The first-order chi connectivity index (χ1) is 41.7. The molecular formula is C71H128N2O18. The number of cyclic esters (lactones) is 2. The van der Waals surface area contributed by atoms with Crippen LogP contribution in [0.5, 0.6) is 0 Å². The quantitative estimate of drug-likeness (QED) is 0.0642. The highest BCUT2D eigenvalue weighted by Gasteiger charge is 2.55. The van der Waals surface area contributed by atoms with Crippen molar-refractivity contribution in [1.82, 2.24) is 9.80 Å². The van der Waals surface area contributed by atoms with Gasteiger partial charge in [0.1, 0.15) is 29.3 Å². The molecule has 20 heteroatoms. The minimum atomic E-state index is -1.78. The Labute approximate surface area is 548 Å². The van der Waals surface area contributed by atoms with Crippen molar-refractivity contribution in [2.75, 3.05) is 35.3 Å². The molecule has 5 aliphatic heterocycles. The van der Waals surface area contributed by atoms with Gasteiger partial charge in [-0.3, -0.25) is 14.4 Å². The Kier molecular flexibility index (Phi) is 28.7. The molecule has 0 radical (unpaired) electrons. The van der Waals surface area contributed by atoms with E-state index in [1.165, 1.54) is 20.8 Å². The van der Waals surface area contributed by atoms with Gasteiger partial charge in [-0.15, -0.1) is 0 Å². The molecule has 31 atom stereocenters. The number of carbonyl (C=O) groups excluding carboxylic acids is 3. The number of aliphatic hydroxyl groups excluding tert-OH is 2. The number of hydrogen-bond donors (Lipinski definition) is 6. The number of ketones is 1. The first-order valence-corrected chi connectivity index (χ1v) is 34.1. The highest BCUT2D eigenvalue weighted by atomic mass is 16.7. The monoisotopic (exact) mass is 1300 g/mol. The third-order valence-corrected chi connectivity index (χ3v) is 22.6. The molecule has 0 saturated carbocycles. The van der Waals surface area contributed by atoms with Crippen molar-refractivity contribution in [2.24, 2.45) is 65.1 Å². The van der Waals surface area contributed by atoms with Gasteiger partial charge in [0.2, 0.25) is 0 Å². The summed E-state index contributed by atoms with van der Waals surface area (Å²) in [6.45, 7) is 46.9. The van der Waals surface area contributed by atoms with E-state index in [9.17, 15) is 45.0 Å². The maximum Gasteiger partial charge on any atom is 0.316 e. The number of esters is 2. The van der Waals surface area contributed by atoms with Crippen LogP contribution in [0.2, 0.25) is 0 Å². The Morgan fingerprint density at radius 1 is 0.538 bits per heavy atom. The zero-order chi connectivity index (χ0) is 69.9. The summed E-state index contributed by atoms with van der Waals surface area (Å²) in [6, 6.07) is 0.362. The van der Waals surface area contributed by atoms with Crippen molar-refractivity contribution in [3.8, 4) is 0 Å². The Morgan fingerprint density at radius 3 is 1.33 bits per heavy atom. The van der Waals surface area contributed by atoms with Gasteiger partial charge in [-0.2, -0.15) is 0 Å². The van der Waals surface area contributed by atoms with Crippen molar-refractivity contribution >= 4 is 17.7 Å². The number of methoxy groups -OCH3 is 1. The molecule has 0 amide bonds. The lowest BCUT2D eigenvalue weighted by atomic mass is 9.72. The standard InChI is InChI=1S/C40H73NO10.C31H55NO8/c1-17-31-40(13,45)34(42)24(5)23(4)21(2)19-38(11,44)35(51-37-25(6)30(41(14)15)18-22(3)47-37)26(7)33(27(8)36(43)49-31)50-32-20-39(12,46-16)28(9)29(10)48-32;1-13-24-31(10,37)26(34)19(5)18(4)16(2)15-30(9,36)27(21(7)25(33)22(8)28(35)39-24)40-29-20(6)23(32(11)12)14-17(3)38-29/h21-22,24-35,37,42,44-45H,4,17-20H2,1-3,5-16H3;16-17,19-24,26-27,29,34,36-37H,4,13-15H2,1-3,5-12H3/t21-,22-,24+,25-,26+,27-,28+,29+,30+,31-,32+,33+,34-,35-,37+,38+,39-,40-;16-,17-,19+,20-,21+,22-,23+,24-,26-,27-,29+,30+,31-/m11/s1. The number of hydrogen-bond acceptors (Lipinski definition) is 20. The lowest BCUT2D eigenvalue weighted by Gasteiger charge is -2.50. The van der Waals surface area contributed by atoms with Crippen LogP contribution in [0.4, 0.5) is 0 Å². The molecule has 0 aromatic heterocycles. The van der Waals surface area contributed by atoms with Crippen LogP contribution >= 0.6 is 0 Å². The van der Waals surface area contributed by atoms with Crippen LogP contribution in [0.25, 0.3) is 0 Å². The maximum atomic E-state index is 14.2. The summed E-state index contributed by atoms with van der Waals surface area (Å²) >= 11 is 0. The van der Waals surface area contributed by atoms with Crippen LogP contribution in [0.15, 0.2) is 24.3 Å². The Bertz CT molecular complexity index is 2380. The molecule has 0 aliphatic carbocycles. The normalized spacial score (nSPS) is 48.4. The molecule has 0 spiro atoms. The van der Waals surface area contributed by atoms with Crippen LogP contribution in [-0.2, 0) is 57.0 Å². The molecule has 530 valence electrons. The summed E-state index contributed by atoms with van der Waals surface area (Å²) in [5, 5.41) is 70.3. The number of rotatable bonds is 11. The lowest BCUT2D eigenvalue weighted by Crippen LogP contribution is -2.59. The molecule has 0 unspecified atom stereocenters. The summed E-state index contributed by atoms with van der Waals surface area (Å²) in [6.07, 6.45) is -6.81. The van der Waals surface area contributed by atoms with Crippen LogP contribution in [0.3, 0.4) is 0 Å². The minimum Gasteiger partial charge on any atom is -0.459 e. The van der Waals surface area contributed by atoms with Crippen molar-refractivity contribution in [3.63, 3.8) is 0 Å². The van der Waals surface area contributed by atoms with E-state index in [2.05, 4.69) is 50.9 Å². The van der Waals surface area contributed by atoms with Gasteiger partial charge in [-0.1, -0.05) is 100 Å². The number of ether oxygens (including phenoxy) is 9. The second-order valence-corrected chi connectivity index (χ2v) is 30.6. The van der Waals surface area contributed by atoms with Gasteiger partial charge in [0.15, 0.2) is 24.7 Å². The average molecular weight is 1300 g/mol. The summed E-state index contributed by atoms with van der Waals surface area (Å²) in [5.41, 5.74) is -5.83. The molecule has 5 rings (SSSR count). The molecule has 6 N–H and O–H groups in total. The van der Waals surface area contributed by atoms with Crippen LogP contribution in [0, 0.1) is 65.1 Å². The van der Waals surface area contributed by atoms with E-state index in [0.717, 1.165) is 12.8 Å².